The minimum Gasteiger partial charge on any atom is -0.356 e. The van der Waals surface area contributed by atoms with E-state index in [1.807, 2.05) is 25.7 Å². The van der Waals surface area contributed by atoms with E-state index in [2.05, 4.69) is 12.2 Å². The highest BCUT2D eigenvalue weighted by Gasteiger charge is 2.24. The fourth-order valence-corrected chi connectivity index (χ4v) is 2.88. The molecule has 122 valence electrons. The summed E-state index contributed by atoms with van der Waals surface area (Å²) in [5, 5.41) is 2.90. The molecular formula is C17H32N2O2. The molecule has 1 saturated carbocycles. The molecule has 1 rings (SSSR count). The van der Waals surface area contributed by atoms with Crippen LogP contribution in [0.1, 0.15) is 72.6 Å². The molecule has 1 N–H and O–H groups in total. The Kier molecular flexibility index (Phi) is 7.20. The molecule has 21 heavy (non-hydrogen) atoms. The van der Waals surface area contributed by atoms with Crippen molar-refractivity contribution in [1.29, 1.82) is 0 Å². The Hall–Kier alpha value is -1.06. The fraction of sp³-hybridized carbons (Fsp3) is 0.882. The molecule has 4 nitrogen and oxygen atoms in total. The van der Waals surface area contributed by atoms with Crippen LogP contribution in [0.25, 0.3) is 0 Å². The third kappa shape index (κ3) is 6.06. The topological polar surface area (TPSA) is 49.4 Å². The average molecular weight is 296 g/mol. The predicted molar refractivity (Wildman–Crippen MR) is 86.0 cm³/mol. The molecule has 0 radical (unpaired) electrons. The number of nitrogens with zero attached hydrogens (tertiary/aromatic N) is 1. The minimum atomic E-state index is -0.360. The first-order valence-electron chi connectivity index (χ1n) is 8.44. The summed E-state index contributed by atoms with van der Waals surface area (Å²) in [5.74, 6) is 0.295. The maximum Gasteiger partial charge on any atom is 0.225 e. The van der Waals surface area contributed by atoms with Gasteiger partial charge in [0.15, 0.2) is 0 Å². The van der Waals surface area contributed by atoms with Crippen LogP contribution in [0.2, 0.25) is 0 Å². The van der Waals surface area contributed by atoms with Gasteiger partial charge in [0.25, 0.3) is 0 Å². The zero-order valence-corrected chi connectivity index (χ0v) is 14.2. The second-order valence-electron chi connectivity index (χ2n) is 7.08. The van der Waals surface area contributed by atoms with Gasteiger partial charge >= 0.3 is 0 Å². The number of amides is 2. The van der Waals surface area contributed by atoms with Crippen LogP contribution in [-0.4, -0.2) is 35.8 Å². The van der Waals surface area contributed by atoms with Crippen molar-refractivity contribution in [2.24, 2.45) is 5.41 Å². The van der Waals surface area contributed by atoms with Gasteiger partial charge in [0.1, 0.15) is 0 Å². The maximum atomic E-state index is 12.3. The maximum absolute atomic E-state index is 12.3. The van der Waals surface area contributed by atoms with E-state index in [1.54, 1.807) is 0 Å². The normalized spacial score (nSPS) is 16.6. The lowest BCUT2D eigenvalue weighted by Crippen LogP contribution is -2.41. The summed E-state index contributed by atoms with van der Waals surface area (Å²) in [6.07, 6.45) is 7.37. The van der Waals surface area contributed by atoms with Crippen molar-refractivity contribution in [2.75, 3.05) is 13.1 Å². The first kappa shape index (κ1) is 18.0. The van der Waals surface area contributed by atoms with E-state index in [4.69, 9.17) is 0 Å². The van der Waals surface area contributed by atoms with Crippen LogP contribution in [0.4, 0.5) is 0 Å². The van der Waals surface area contributed by atoms with Gasteiger partial charge in [-0.25, -0.2) is 0 Å². The molecule has 0 aliphatic heterocycles. The molecule has 0 aromatic rings. The zero-order chi connectivity index (χ0) is 15.9. The summed E-state index contributed by atoms with van der Waals surface area (Å²) in [6, 6.07) is 0.445. The Morgan fingerprint density at radius 1 is 1.14 bits per heavy atom. The lowest BCUT2D eigenvalue weighted by atomic mass is 9.94. The summed E-state index contributed by atoms with van der Waals surface area (Å²) in [7, 11) is 0. The second kappa shape index (κ2) is 8.40. The third-order valence-corrected chi connectivity index (χ3v) is 4.21. The first-order valence-corrected chi connectivity index (χ1v) is 8.44. The zero-order valence-electron chi connectivity index (χ0n) is 14.2. The van der Waals surface area contributed by atoms with Crippen LogP contribution in [0, 0.1) is 5.41 Å². The van der Waals surface area contributed by atoms with E-state index in [0.717, 1.165) is 25.8 Å². The van der Waals surface area contributed by atoms with Crippen molar-refractivity contribution < 1.29 is 9.59 Å². The molecule has 0 unspecified atom stereocenters. The van der Waals surface area contributed by atoms with Crippen molar-refractivity contribution >= 4 is 11.8 Å². The van der Waals surface area contributed by atoms with Crippen molar-refractivity contribution in [3.63, 3.8) is 0 Å². The van der Waals surface area contributed by atoms with Crippen molar-refractivity contribution in [2.45, 2.75) is 78.7 Å². The molecule has 2 amide bonds. The Morgan fingerprint density at radius 3 is 2.29 bits per heavy atom. The number of nitrogens with one attached hydrogen (secondary N) is 1. The lowest BCUT2D eigenvalue weighted by molar-refractivity contribution is -0.134. The Morgan fingerprint density at radius 2 is 1.76 bits per heavy atom. The van der Waals surface area contributed by atoms with Crippen LogP contribution in [-0.2, 0) is 9.59 Å². The summed E-state index contributed by atoms with van der Waals surface area (Å²) in [6.45, 7) is 9.15. The van der Waals surface area contributed by atoms with Crippen molar-refractivity contribution in [3.05, 3.63) is 0 Å². The standard InChI is InChI=1S/C17H32N2O2/c1-5-19(14-10-7-6-8-11-14)15(20)12-9-13-18-16(21)17(2,3)4/h14H,5-13H2,1-4H3,(H,18,21). The Balaban J connectivity index is 2.29. The average Bonchev–Trinajstić information content (AvgIpc) is 2.44. The highest BCUT2D eigenvalue weighted by molar-refractivity contribution is 5.81. The van der Waals surface area contributed by atoms with Gasteiger partial charge in [-0.05, 0) is 26.2 Å². The molecule has 0 bridgehead atoms. The molecule has 0 aromatic carbocycles. The summed E-state index contributed by atoms with van der Waals surface area (Å²) in [5.41, 5.74) is -0.360. The van der Waals surface area contributed by atoms with Crippen LogP contribution < -0.4 is 5.32 Å². The van der Waals surface area contributed by atoms with Crippen molar-refractivity contribution in [3.8, 4) is 0 Å². The Labute approximate surface area is 129 Å². The number of carbonyl (C=O) groups excluding carboxylic acids is 2. The Bertz CT molecular complexity index is 341. The molecule has 1 aliphatic carbocycles. The molecule has 4 heteroatoms. The number of rotatable bonds is 6. The van der Waals surface area contributed by atoms with Gasteiger partial charge in [0.05, 0.1) is 0 Å². The van der Waals surface area contributed by atoms with E-state index in [-0.39, 0.29) is 17.2 Å². The van der Waals surface area contributed by atoms with E-state index >= 15 is 0 Å². The van der Waals surface area contributed by atoms with Gasteiger partial charge in [0.2, 0.25) is 11.8 Å². The molecule has 0 saturated heterocycles. The summed E-state index contributed by atoms with van der Waals surface area (Å²) >= 11 is 0. The third-order valence-electron chi connectivity index (χ3n) is 4.21. The molecular weight excluding hydrogens is 264 g/mol. The first-order chi connectivity index (χ1) is 9.86. The van der Waals surface area contributed by atoms with Gasteiger partial charge in [-0.3, -0.25) is 9.59 Å². The second-order valence-corrected chi connectivity index (χ2v) is 7.08. The number of hydrogen-bond donors (Lipinski definition) is 1. The van der Waals surface area contributed by atoms with Gasteiger partial charge in [0, 0.05) is 31.0 Å². The van der Waals surface area contributed by atoms with Gasteiger partial charge < -0.3 is 10.2 Å². The molecule has 0 spiro atoms. The number of hydrogen-bond acceptors (Lipinski definition) is 2. The van der Waals surface area contributed by atoms with Gasteiger partial charge in [-0.1, -0.05) is 40.0 Å². The quantitative estimate of drug-likeness (QED) is 0.766. The molecule has 0 atom stereocenters. The molecule has 0 heterocycles. The van der Waals surface area contributed by atoms with E-state index in [1.165, 1.54) is 19.3 Å². The summed E-state index contributed by atoms with van der Waals surface area (Å²) in [4.78, 5) is 26.1. The molecule has 1 aliphatic rings. The van der Waals surface area contributed by atoms with Gasteiger partial charge in [-0.15, -0.1) is 0 Å². The fourth-order valence-electron chi connectivity index (χ4n) is 2.88. The monoisotopic (exact) mass is 296 g/mol. The minimum absolute atomic E-state index is 0.0505. The van der Waals surface area contributed by atoms with Gasteiger partial charge in [-0.2, -0.15) is 0 Å². The van der Waals surface area contributed by atoms with Crippen LogP contribution in [0.3, 0.4) is 0 Å². The van der Waals surface area contributed by atoms with Crippen LogP contribution >= 0.6 is 0 Å². The van der Waals surface area contributed by atoms with Crippen LogP contribution in [0.15, 0.2) is 0 Å². The highest BCUT2D eigenvalue weighted by Crippen LogP contribution is 2.23. The van der Waals surface area contributed by atoms with E-state index < -0.39 is 0 Å². The molecule has 0 aromatic heterocycles. The predicted octanol–water partition coefficient (Wildman–Crippen LogP) is 3.11. The van der Waals surface area contributed by atoms with Crippen LogP contribution in [0.5, 0.6) is 0 Å². The summed E-state index contributed by atoms with van der Waals surface area (Å²) < 4.78 is 0. The SMILES string of the molecule is CCN(C(=O)CCCNC(=O)C(C)(C)C)C1CCCCC1. The smallest absolute Gasteiger partial charge is 0.225 e. The highest BCUT2D eigenvalue weighted by atomic mass is 16.2. The molecule has 1 fully saturated rings. The van der Waals surface area contributed by atoms with Crippen molar-refractivity contribution in [1.82, 2.24) is 10.2 Å². The van der Waals surface area contributed by atoms with E-state index in [9.17, 15) is 9.59 Å². The number of carbonyl (C=O) groups is 2. The largest absolute Gasteiger partial charge is 0.356 e. The lowest BCUT2D eigenvalue weighted by Gasteiger charge is -2.33. The van der Waals surface area contributed by atoms with E-state index in [0.29, 0.717) is 19.0 Å².